The lowest BCUT2D eigenvalue weighted by Gasteiger charge is -2.17. The van der Waals surface area contributed by atoms with Crippen LogP contribution in [0.2, 0.25) is 0 Å². The maximum atomic E-state index is 4.42. The van der Waals surface area contributed by atoms with E-state index < -0.39 is 0 Å². The van der Waals surface area contributed by atoms with Crippen LogP contribution in [0.1, 0.15) is 19.4 Å². The van der Waals surface area contributed by atoms with Crippen LogP contribution in [-0.2, 0) is 0 Å². The monoisotopic (exact) mass is 758 g/mol. The Morgan fingerprint density at radius 3 is 1.63 bits per heavy atom. The fourth-order valence-electron chi connectivity index (χ4n) is 11.3. The molecule has 0 aliphatic carbocycles. The van der Waals surface area contributed by atoms with E-state index in [-0.39, 0.29) is 0 Å². The maximum absolute atomic E-state index is 4.42. The molecule has 0 amide bonds. The van der Waals surface area contributed by atoms with Crippen molar-refractivity contribution in [2.45, 2.75) is 13.8 Å². The summed E-state index contributed by atoms with van der Waals surface area (Å²) in [7, 11) is 0. The molecule has 0 atom stereocenters. The summed E-state index contributed by atoms with van der Waals surface area (Å²) in [4.78, 5) is 0. The summed E-state index contributed by atoms with van der Waals surface area (Å²) in [5.74, 6) is 0. The van der Waals surface area contributed by atoms with Gasteiger partial charge in [-0.1, -0.05) is 152 Å². The van der Waals surface area contributed by atoms with Gasteiger partial charge < -0.3 is 0 Å². The van der Waals surface area contributed by atoms with Crippen molar-refractivity contribution in [3.8, 4) is 22.3 Å². The number of allylic oxidation sites excluding steroid dienone is 4. The minimum atomic E-state index is 1.04. The van der Waals surface area contributed by atoms with E-state index in [1.54, 1.807) is 0 Å². The Balaban J connectivity index is 1.30. The first kappa shape index (κ1) is 33.4. The van der Waals surface area contributed by atoms with Gasteiger partial charge in [0.2, 0.25) is 0 Å². The molecule has 0 bridgehead atoms. The lowest BCUT2D eigenvalue weighted by atomic mass is 9.85. The third-order valence-electron chi connectivity index (χ3n) is 13.7. The minimum Gasteiger partial charge on any atom is -0.0988 e. The van der Waals surface area contributed by atoms with E-state index in [1.165, 1.54) is 136 Å². The van der Waals surface area contributed by atoms with Gasteiger partial charge in [-0.3, -0.25) is 0 Å². The maximum Gasteiger partial charge on any atom is -0.000719 e. The smallest absolute Gasteiger partial charge is 0.000719 e. The van der Waals surface area contributed by atoms with Crippen molar-refractivity contribution in [2.24, 2.45) is 0 Å². The van der Waals surface area contributed by atoms with Crippen molar-refractivity contribution in [2.75, 3.05) is 0 Å². The Morgan fingerprint density at radius 2 is 0.933 bits per heavy atom. The average Bonchev–Trinajstić information content (AvgIpc) is 3.77. The van der Waals surface area contributed by atoms with Gasteiger partial charge in [0.25, 0.3) is 0 Å². The van der Waals surface area contributed by atoms with Crippen LogP contribution in [0.4, 0.5) is 0 Å². The van der Waals surface area contributed by atoms with Gasteiger partial charge in [-0.2, -0.15) is 0 Å². The highest BCUT2D eigenvalue weighted by Crippen LogP contribution is 2.55. The highest BCUT2D eigenvalue weighted by molar-refractivity contribution is 6.46. The first-order chi connectivity index (χ1) is 29.5. The van der Waals surface area contributed by atoms with Gasteiger partial charge in [-0.05, 0) is 197 Å². The summed E-state index contributed by atoms with van der Waals surface area (Å²) in [6.45, 7) is 12.8. The lowest BCUT2D eigenvalue weighted by molar-refractivity contribution is 1.45. The number of fused-ring (bicyclic) bond motifs is 9. The minimum absolute atomic E-state index is 1.04. The van der Waals surface area contributed by atoms with Crippen LogP contribution in [0.3, 0.4) is 0 Å². The van der Waals surface area contributed by atoms with Crippen molar-refractivity contribution < 1.29 is 0 Å². The molecule has 60 heavy (non-hydrogen) atoms. The van der Waals surface area contributed by atoms with Crippen LogP contribution in [-0.4, -0.2) is 0 Å². The molecule has 0 fully saturated rings. The molecule has 0 radical (unpaired) electrons. The zero-order chi connectivity index (χ0) is 40.0. The van der Waals surface area contributed by atoms with E-state index in [2.05, 4.69) is 191 Å². The van der Waals surface area contributed by atoms with Crippen molar-refractivity contribution in [1.82, 2.24) is 0 Å². The van der Waals surface area contributed by atoms with E-state index in [0.717, 1.165) is 16.7 Å². The largest absolute Gasteiger partial charge is 0.0988 e. The second-order valence-corrected chi connectivity index (χ2v) is 17.0. The Labute approximate surface area is 347 Å². The number of rotatable bonds is 5. The van der Waals surface area contributed by atoms with Crippen LogP contribution in [0.5, 0.6) is 0 Å². The number of hydrogen-bond donors (Lipinski definition) is 0. The van der Waals surface area contributed by atoms with E-state index in [9.17, 15) is 0 Å². The molecule has 13 aromatic carbocycles. The van der Waals surface area contributed by atoms with Crippen LogP contribution < -0.4 is 0 Å². The summed E-state index contributed by atoms with van der Waals surface area (Å²) >= 11 is 0. The van der Waals surface area contributed by atoms with E-state index in [1.807, 2.05) is 6.08 Å². The molecule has 0 aromatic heterocycles. The summed E-state index contributed by atoms with van der Waals surface area (Å²) in [5, 5.41) is 26.1. The van der Waals surface area contributed by atoms with Crippen LogP contribution in [0, 0.1) is 0 Å². The molecule has 0 unspecified atom stereocenters. The topological polar surface area (TPSA) is 0 Å². The fourth-order valence-corrected chi connectivity index (χ4v) is 11.3. The van der Waals surface area contributed by atoms with Crippen LogP contribution >= 0.6 is 0 Å². The molecule has 13 rings (SSSR count). The Kier molecular flexibility index (Phi) is 6.69. The molecule has 13 aromatic rings. The molecule has 0 N–H and O–H groups in total. The van der Waals surface area contributed by atoms with Gasteiger partial charge in [0, 0.05) is 0 Å². The molecule has 0 aliphatic heterocycles. The van der Waals surface area contributed by atoms with Crippen LogP contribution in [0.15, 0.2) is 194 Å². The molecular weight excluding hydrogens is 721 g/mol. The third-order valence-corrected chi connectivity index (χ3v) is 13.7. The predicted octanol–water partition coefficient (Wildman–Crippen LogP) is 17.4. The number of hydrogen-bond acceptors (Lipinski definition) is 0. The van der Waals surface area contributed by atoms with Crippen molar-refractivity contribution in [1.29, 1.82) is 0 Å². The highest BCUT2D eigenvalue weighted by Gasteiger charge is 2.27. The summed E-state index contributed by atoms with van der Waals surface area (Å²) in [6, 6.07) is 62.2. The zero-order valence-electron chi connectivity index (χ0n) is 33.6. The Hall–Kier alpha value is -7.54. The molecule has 0 aliphatic rings. The summed E-state index contributed by atoms with van der Waals surface area (Å²) in [6.07, 6.45) is 1.95. The Bertz CT molecular complexity index is 4010. The SMILES string of the molecule is C=C/C(C)=C(\C(=C)C)c1cc2ccc3ccc4c5c(-c6ccccc6)c6cc7c(cc6c(-c6ccccc6)c5c5cc(c1)c2c3c45)c1cccc2c3ccccc3cc7c21. The molecule has 0 heteroatoms. The summed E-state index contributed by atoms with van der Waals surface area (Å²) < 4.78 is 0. The van der Waals surface area contributed by atoms with Crippen molar-refractivity contribution >= 4 is 113 Å². The van der Waals surface area contributed by atoms with E-state index in [4.69, 9.17) is 0 Å². The van der Waals surface area contributed by atoms with Gasteiger partial charge in [0.15, 0.2) is 0 Å². The molecule has 0 heterocycles. The summed E-state index contributed by atoms with van der Waals surface area (Å²) in [5.41, 5.74) is 9.58. The normalized spacial score (nSPS) is 12.9. The zero-order valence-corrected chi connectivity index (χ0v) is 33.6. The average molecular weight is 759 g/mol. The third kappa shape index (κ3) is 4.30. The van der Waals surface area contributed by atoms with Gasteiger partial charge in [0.05, 0.1) is 0 Å². The highest BCUT2D eigenvalue weighted by atomic mass is 14.3. The second-order valence-electron chi connectivity index (χ2n) is 17.0. The number of benzene rings is 11. The molecule has 0 saturated carbocycles. The van der Waals surface area contributed by atoms with E-state index >= 15 is 0 Å². The van der Waals surface area contributed by atoms with Gasteiger partial charge in [-0.25, -0.2) is 0 Å². The van der Waals surface area contributed by atoms with Crippen LogP contribution in [0.25, 0.3) is 136 Å². The molecule has 278 valence electrons. The first-order valence-corrected chi connectivity index (χ1v) is 21.0. The Morgan fingerprint density at radius 1 is 0.367 bits per heavy atom. The first-order valence-electron chi connectivity index (χ1n) is 21.0. The quantitative estimate of drug-likeness (QED) is 0.121. The van der Waals surface area contributed by atoms with E-state index in [0.29, 0.717) is 0 Å². The van der Waals surface area contributed by atoms with Crippen molar-refractivity contribution in [3.63, 3.8) is 0 Å². The fraction of sp³-hybridized carbons (Fsp3) is 0.0333. The van der Waals surface area contributed by atoms with Gasteiger partial charge in [0.1, 0.15) is 0 Å². The lowest BCUT2D eigenvalue weighted by Crippen LogP contribution is -1.92. The molecule has 0 saturated heterocycles. The van der Waals surface area contributed by atoms with Gasteiger partial charge in [-0.15, -0.1) is 0 Å². The standard InChI is InChI=1S/C60H38/c1-5-34(4)52(33(2)3)40-27-39-24-23-37-25-26-45-58-51(30-41(28-40)53(39)56(37)58)60-55(36-17-10-7-11-18-36)49-31-46-44-22-14-21-43-42-20-13-12-19-38(42)29-48(57(43)44)47(46)32-50(49)54(59(45)60)35-15-8-6-9-16-35/h5-32H,1-2H2,3-4H3/b52-34+. The predicted molar refractivity (Wildman–Crippen MR) is 264 cm³/mol. The molecule has 0 spiro atoms. The molecule has 0 nitrogen and oxygen atoms in total. The van der Waals surface area contributed by atoms with Gasteiger partial charge >= 0.3 is 0 Å². The second kappa shape index (κ2) is 12.0. The van der Waals surface area contributed by atoms with Crippen molar-refractivity contribution in [3.05, 3.63) is 200 Å². The molecular formula is C60H38.